The highest BCUT2D eigenvalue weighted by Gasteiger charge is 2.25. The van der Waals surface area contributed by atoms with E-state index in [0.29, 0.717) is 17.3 Å². The first-order valence-electron chi connectivity index (χ1n) is 9.77. The van der Waals surface area contributed by atoms with Crippen molar-refractivity contribution in [1.29, 1.82) is 0 Å². The first-order valence-corrected chi connectivity index (χ1v) is 10.2. The lowest BCUT2D eigenvalue weighted by Crippen LogP contribution is -2.39. The van der Waals surface area contributed by atoms with Crippen LogP contribution < -0.4 is 5.32 Å². The quantitative estimate of drug-likeness (QED) is 0.631. The van der Waals surface area contributed by atoms with Crippen LogP contribution in [0.4, 0.5) is 5.82 Å². The van der Waals surface area contributed by atoms with Gasteiger partial charge in [-0.25, -0.2) is 9.67 Å². The predicted octanol–water partition coefficient (Wildman–Crippen LogP) is 3.62. The Morgan fingerprint density at radius 1 is 1.14 bits per heavy atom. The minimum atomic E-state index is 0.00295. The molecular weight excluding hydrogens is 384 g/mol. The van der Waals surface area contributed by atoms with Crippen molar-refractivity contribution >= 4 is 23.9 Å². The molecule has 1 aliphatic rings. The Morgan fingerprint density at radius 2 is 1.90 bits per heavy atom. The number of H-pyrrole nitrogens is 1. The van der Waals surface area contributed by atoms with Crippen LogP contribution in [-0.2, 0) is 11.5 Å². The van der Waals surface area contributed by atoms with E-state index >= 15 is 0 Å². The fraction of sp³-hybridized carbons (Fsp3) is 0.333. The molecule has 0 unspecified atom stereocenters. The van der Waals surface area contributed by atoms with Gasteiger partial charge in [0.15, 0.2) is 5.82 Å². The van der Waals surface area contributed by atoms with Gasteiger partial charge >= 0.3 is 0 Å². The molecular formula is C21H24N6OS. The van der Waals surface area contributed by atoms with E-state index in [0.717, 1.165) is 43.0 Å². The summed E-state index contributed by atoms with van der Waals surface area (Å²) in [5.41, 5.74) is 1.90. The largest absolute Gasteiger partial charge is 0.310 e. The molecule has 7 nitrogen and oxygen atoms in total. The lowest BCUT2D eigenvalue weighted by molar-refractivity contribution is -0.121. The number of aryl methyl sites for hydroxylation is 1. The van der Waals surface area contributed by atoms with Gasteiger partial charge in [-0.3, -0.25) is 14.8 Å². The molecule has 2 aromatic heterocycles. The van der Waals surface area contributed by atoms with E-state index < -0.39 is 0 Å². The molecule has 0 aliphatic carbocycles. The number of carbonyl (C=O) groups is 1. The van der Waals surface area contributed by atoms with Crippen LogP contribution in [-0.4, -0.2) is 43.6 Å². The van der Waals surface area contributed by atoms with Gasteiger partial charge in [0.05, 0.1) is 6.67 Å². The van der Waals surface area contributed by atoms with Gasteiger partial charge < -0.3 is 5.32 Å². The Bertz CT molecular complexity index is 1040. The zero-order valence-electron chi connectivity index (χ0n) is 16.3. The molecule has 1 amide bonds. The van der Waals surface area contributed by atoms with Crippen molar-refractivity contribution in [2.24, 2.45) is 5.92 Å². The van der Waals surface area contributed by atoms with Gasteiger partial charge in [-0.05, 0) is 44.1 Å². The molecule has 1 saturated heterocycles. The van der Waals surface area contributed by atoms with E-state index in [2.05, 4.69) is 25.3 Å². The van der Waals surface area contributed by atoms with Crippen LogP contribution >= 0.6 is 12.2 Å². The summed E-state index contributed by atoms with van der Waals surface area (Å²) in [4.78, 5) is 23.7. The molecule has 2 N–H and O–H groups in total. The van der Waals surface area contributed by atoms with Crippen molar-refractivity contribution in [2.75, 3.05) is 18.4 Å². The third-order valence-corrected chi connectivity index (χ3v) is 5.48. The molecule has 3 heterocycles. The lowest BCUT2D eigenvalue weighted by atomic mass is 9.96. The molecule has 1 fully saturated rings. The summed E-state index contributed by atoms with van der Waals surface area (Å²) in [6.07, 6.45) is 1.62. The molecule has 3 aromatic rings. The van der Waals surface area contributed by atoms with Crippen molar-refractivity contribution in [3.63, 3.8) is 0 Å². The highest BCUT2D eigenvalue weighted by molar-refractivity contribution is 7.71. The van der Waals surface area contributed by atoms with Crippen molar-refractivity contribution in [3.8, 4) is 11.4 Å². The maximum atomic E-state index is 12.6. The molecule has 0 saturated carbocycles. The third kappa shape index (κ3) is 4.78. The minimum absolute atomic E-state index is 0.00295. The Kier molecular flexibility index (Phi) is 5.82. The smallest absolute Gasteiger partial charge is 0.228 e. The number of anilines is 1. The SMILES string of the molecule is Cc1cccc(NC(=O)C2CCN(Cn3[nH]c(-c4ccccc4)nc3=S)CC2)n1. The predicted molar refractivity (Wildman–Crippen MR) is 115 cm³/mol. The molecule has 0 spiro atoms. The van der Waals surface area contributed by atoms with Gasteiger partial charge in [0.1, 0.15) is 5.82 Å². The van der Waals surface area contributed by atoms with Crippen molar-refractivity contribution < 1.29 is 4.79 Å². The third-order valence-electron chi connectivity index (χ3n) is 5.17. The van der Waals surface area contributed by atoms with E-state index in [-0.39, 0.29) is 11.8 Å². The molecule has 8 heteroatoms. The summed E-state index contributed by atoms with van der Waals surface area (Å²) >= 11 is 5.41. The zero-order chi connectivity index (χ0) is 20.2. The molecule has 1 aromatic carbocycles. The number of hydrogen-bond donors (Lipinski definition) is 2. The summed E-state index contributed by atoms with van der Waals surface area (Å²) in [5, 5.41) is 6.23. The van der Waals surface area contributed by atoms with Crippen LogP contribution in [0.25, 0.3) is 11.4 Å². The molecule has 0 bridgehead atoms. The number of rotatable bonds is 5. The lowest BCUT2D eigenvalue weighted by Gasteiger charge is -2.31. The number of nitrogens with one attached hydrogen (secondary N) is 2. The number of aromatic nitrogens is 4. The van der Waals surface area contributed by atoms with Crippen LogP contribution in [0.5, 0.6) is 0 Å². The summed E-state index contributed by atoms with van der Waals surface area (Å²) < 4.78 is 2.42. The minimum Gasteiger partial charge on any atom is -0.310 e. The van der Waals surface area contributed by atoms with Gasteiger partial charge in [-0.2, -0.15) is 4.98 Å². The Balaban J connectivity index is 1.33. The second-order valence-corrected chi connectivity index (χ2v) is 7.70. The highest BCUT2D eigenvalue weighted by atomic mass is 32.1. The standard InChI is InChI=1S/C21H24N6OS/c1-15-6-5-9-18(22-15)23-20(28)17-10-12-26(13-11-17)14-27-21(29)24-19(25-27)16-7-3-2-4-8-16/h2-9,17H,10-14H2,1H3,(H,22,23,28)(H,24,25,29). The topological polar surface area (TPSA) is 78.8 Å². The van der Waals surface area contributed by atoms with Crippen LogP contribution in [0.15, 0.2) is 48.5 Å². The van der Waals surface area contributed by atoms with Crippen LogP contribution in [0.2, 0.25) is 0 Å². The number of hydrogen-bond acceptors (Lipinski definition) is 5. The summed E-state index contributed by atoms with van der Waals surface area (Å²) in [6.45, 7) is 4.23. The molecule has 4 rings (SSSR count). The maximum Gasteiger partial charge on any atom is 0.228 e. The van der Waals surface area contributed by atoms with Crippen LogP contribution in [0.1, 0.15) is 18.5 Å². The number of nitrogens with zero attached hydrogens (tertiary/aromatic N) is 4. The van der Waals surface area contributed by atoms with Gasteiger partial charge in [0.25, 0.3) is 0 Å². The first kappa shape index (κ1) is 19.5. The van der Waals surface area contributed by atoms with E-state index in [1.165, 1.54) is 0 Å². The number of amides is 1. The number of carbonyl (C=O) groups excluding carboxylic acids is 1. The molecule has 29 heavy (non-hydrogen) atoms. The van der Waals surface area contributed by atoms with Gasteiger partial charge in [0.2, 0.25) is 10.7 Å². The normalized spacial score (nSPS) is 15.3. The van der Waals surface area contributed by atoms with E-state index in [4.69, 9.17) is 12.2 Å². The number of pyridine rings is 1. The molecule has 0 atom stereocenters. The average Bonchev–Trinajstić information content (AvgIpc) is 3.09. The van der Waals surface area contributed by atoms with Crippen LogP contribution in [0, 0.1) is 17.6 Å². The Labute approximate surface area is 174 Å². The summed E-state index contributed by atoms with van der Waals surface area (Å²) in [6, 6.07) is 15.6. The van der Waals surface area contributed by atoms with Gasteiger partial charge in [0, 0.05) is 30.3 Å². The fourth-order valence-electron chi connectivity index (χ4n) is 3.56. The van der Waals surface area contributed by atoms with Crippen molar-refractivity contribution in [1.82, 2.24) is 24.6 Å². The number of piperidine rings is 1. The zero-order valence-corrected chi connectivity index (χ0v) is 17.2. The maximum absolute atomic E-state index is 12.6. The second-order valence-electron chi connectivity index (χ2n) is 7.34. The second kappa shape index (κ2) is 8.67. The number of benzene rings is 1. The summed E-state index contributed by atoms with van der Waals surface area (Å²) in [7, 11) is 0. The Hall–Kier alpha value is -2.84. The van der Waals surface area contributed by atoms with Gasteiger partial charge in [-0.15, -0.1) is 0 Å². The van der Waals surface area contributed by atoms with Gasteiger partial charge in [-0.1, -0.05) is 36.4 Å². The monoisotopic (exact) mass is 408 g/mol. The number of aromatic amines is 1. The van der Waals surface area contributed by atoms with Crippen LogP contribution in [0.3, 0.4) is 0 Å². The highest BCUT2D eigenvalue weighted by Crippen LogP contribution is 2.20. The van der Waals surface area contributed by atoms with E-state index in [1.807, 2.05) is 60.1 Å². The fourth-order valence-corrected chi connectivity index (χ4v) is 3.75. The first-order chi connectivity index (χ1) is 14.1. The molecule has 1 aliphatic heterocycles. The van der Waals surface area contributed by atoms with E-state index in [9.17, 15) is 4.79 Å². The van der Waals surface area contributed by atoms with E-state index in [1.54, 1.807) is 0 Å². The number of likely N-dealkylation sites (tertiary alicyclic amines) is 1. The average molecular weight is 409 g/mol. The Morgan fingerprint density at radius 3 is 2.62 bits per heavy atom. The van der Waals surface area contributed by atoms with Crippen molar-refractivity contribution in [3.05, 3.63) is 59.0 Å². The molecule has 150 valence electrons. The summed E-state index contributed by atoms with van der Waals surface area (Å²) in [5.74, 6) is 1.44. The van der Waals surface area contributed by atoms with Crippen molar-refractivity contribution in [2.45, 2.75) is 26.4 Å². The molecule has 0 radical (unpaired) electrons.